The van der Waals surface area contributed by atoms with Gasteiger partial charge in [0.05, 0.1) is 0 Å². The van der Waals surface area contributed by atoms with Gasteiger partial charge in [-0.3, -0.25) is 0 Å². The third-order valence-corrected chi connectivity index (χ3v) is 2.83. The molecular formula is C8H16N2OS. The maximum Gasteiger partial charge on any atom is 0.143 e. The maximum atomic E-state index is 11.5. The summed E-state index contributed by atoms with van der Waals surface area (Å²) in [6.45, 7) is 12.7. The Morgan fingerprint density at radius 1 is 1.50 bits per heavy atom. The predicted molar refractivity (Wildman–Crippen MR) is 52.0 cm³/mol. The molecule has 0 aromatic heterocycles. The quantitative estimate of drug-likeness (QED) is 0.484. The van der Waals surface area contributed by atoms with Crippen LogP contribution in [-0.2, 0) is 9.73 Å². The van der Waals surface area contributed by atoms with Gasteiger partial charge < -0.3 is 0 Å². The third kappa shape index (κ3) is 6.17. The van der Waals surface area contributed by atoms with E-state index in [1.54, 1.807) is 0 Å². The zero-order valence-electron chi connectivity index (χ0n) is 8.13. The highest BCUT2D eigenvalue weighted by molar-refractivity contribution is 7.92. The first-order valence-corrected chi connectivity index (χ1v) is 5.92. The Bertz CT molecular complexity index is 287. The average Bonchev–Trinajstić information content (AvgIpc) is 1.83. The van der Waals surface area contributed by atoms with Gasteiger partial charge in [0.15, 0.2) is 0 Å². The molecule has 1 atom stereocenters. The van der Waals surface area contributed by atoms with E-state index in [1.165, 1.54) is 6.26 Å². The lowest BCUT2D eigenvalue weighted by Crippen LogP contribution is -2.12. The van der Waals surface area contributed by atoms with Gasteiger partial charge in [-0.2, -0.15) is 6.57 Å². The topological polar surface area (TPSA) is 33.8 Å². The zero-order valence-corrected chi connectivity index (χ0v) is 8.94. The summed E-state index contributed by atoms with van der Waals surface area (Å²) in [6, 6.07) is 0. The second-order valence-corrected chi connectivity index (χ2v) is 6.65. The summed E-state index contributed by atoms with van der Waals surface area (Å²) >= 11 is 0. The van der Waals surface area contributed by atoms with Crippen molar-refractivity contribution in [3.63, 3.8) is 0 Å². The molecule has 3 nitrogen and oxygen atoms in total. The monoisotopic (exact) mass is 188 g/mol. The smallest absolute Gasteiger partial charge is 0.143 e. The largest absolute Gasteiger partial charge is 0.243 e. The fourth-order valence-corrected chi connectivity index (χ4v) is 1.87. The van der Waals surface area contributed by atoms with Crippen molar-refractivity contribution in [1.29, 1.82) is 0 Å². The number of nitrogens with zero attached hydrogens (tertiary/aromatic N) is 2. The van der Waals surface area contributed by atoms with Gasteiger partial charge in [-0.15, -0.1) is 4.95 Å². The molecule has 0 saturated carbocycles. The van der Waals surface area contributed by atoms with Gasteiger partial charge in [0.25, 0.3) is 0 Å². The van der Waals surface area contributed by atoms with E-state index in [1.807, 2.05) is 0 Å². The van der Waals surface area contributed by atoms with E-state index in [0.717, 1.165) is 6.42 Å². The molecule has 0 N–H and O–H groups in total. The molecule has 0 aromatic carbocycles. The van der Waals surface area contributed by atoms with E-state index >= 15 is 0 Å². The summed E-state index contributed by atoms with van der Waals surface area (Å²) < 4.78 is 14.8. The van der Waals surface area contributed by atoms with Gasteiger partial charge in [0.2, 0.25) is 0 Å². The van der Waals surface area contributed by atoms with Crippen LogP contribution in [0.15, 0.2) is 4.47 Å². The summed E-state index contributed by atoms with van der Waals surface area (Å²) in [4.78, 5) is 2.81. The Labute approximate surface area is 75.1 Å². The van der Waals surface area contributed by atoms with E-state index in [4.69, 9.17) is 6.57 Å². The molecule has 0 spiro atoms. The van der Waals surface area contributed by atoms with Crippen LogP contribution in [0.3, 0.4) is 0 Å². The third-order valence-electron chi connectivity index (χ3n) is 1.44. The molecule has 4 heteroatoms. The second-order valence-electron chi connectivity index (χ2n) is 4.16. The Kier molecular flexibility index (Phi) is 3.72. The molecule has 0 aliphatic heterocycles. The van der Waals surface area contributed by atoms with Crippen molar-refractivity contribution in [3.8, 4) is 0 Å². The number of rotatable bonds is 2. The van der Waals surface area contributed by atoms with Crippen molar-refractivity contribution in [2.24, 2.45) is 9.89 Å². The lowest BCUT2D eigenvalue weighted by atomic mass is 9.94. The molecule has 12 heavy (non-hydrogen) atoms. The highest BCUT2D eigenvalue weighted by Gasteiger charge is 2.14. The standard InChI is InChI=1S/C8H16N2OS/c1-8(2,3)6-7-12(5,11)10-9-4/h6-7H2,1-3,5H3. The first-order chi connectivity index (χ1) is 5.27. The fraction of sp³-hybridized carbons (Fsp3) is 0.875. The highest BCUT2D eigenvalue weighted by Crippen LogP contribution is 2.19. The SMILES string of the molecule is [C-]#[N+]N=S(C)(=O)CCC(C)(C)C. The molecule has 0 rings (SSSR count). The van der Waals surface area contributed by atoms with E-state index < -0.39 is 9.73 Å². The van der Waals surface area contributed by atoms with E-state index in [9.17, 15) is 4.21 Å². The van der Waals surface area contributed by atoms with Crippen molar-refractivity contribution in [2.45, 2.75) is 27.2 Å². The Hall–Kier alpha value is -0.560. The van der Waals surface area contributed by atoms with Crippen molar-refractivity contribution in [3.05, 3.63) is 11.5 Å². The number of hydrogen-bond donors (Lipinski definition) is 0. The lowest BCUT2D eigenvalue weighted by Gasteiger charge is -2.16. The minimum atomic E-state index is -2.24. The zero-order chi connectivity index (χ0) is 9.83. The first kappa shape index (κ1) is 11.4. The molecule has 0 saturated heterocycles. The van der Waals surface area contributed by atoms with Crippen molar-refractivity contribution < 1.29 is 4.21 Å². The molecule has 0 radical (unpaired) electrons. The minimum absolute atomic E-state index is 0.163. The molecule has 0 heterocycles. The van der Waals surface area contributed by atoms with Crippen molar-refractivity contribution in [1.82, 2.24) is 0 Å². The van der Waals surface area contributed by atoms with E-state index in [-0.39, 0.29) is 5.41 Å². The summed E-state index contributed by atoms with van der Waals surface area (Å²) in [5, 5.41) is 0. The number of hydrogen-bond acceptors (Lipinski definition) is 2. The van der Waals surface area contributed by atoms with Gasteiger partial charge in [-0.25, -0.2) is 4.21 Å². The Morgan fingerprint density at radius 3 is 2.33 bits per heavy atom. The van der Waals surface area contributed by atoms with Gasteiger partial charge in [-0.05, 0) is 11.8 Å². The molecule has 0 aliphatic carbocycles. The van der Waals surface area contributed by atoms with E-state index in [0.29, 0.717) is 5.75 Å². The molecular weight excluding hydrogens is 172 g/mol. The maximum absolute atomic E-state index is 11.5. The van der Waals surface area contributed by atoms with Gasteiger partial charge in [-0.1, -0.05) is 20.8 Å². The van der Waals surface area contributed by atoms with Crippen LogP contribution >= 0.6 is 0 Å². The van der Waals surface area contributed by atoms with Crippen LogP contribution in [0.25, 0.3) is 4.95 Å². The molecule has 0 amide bonds. The van der Waals surface area contributed by atoms with Crippen LogP contribution in [-0.4, -0.2) is 16.2 Å². The summed E-state index contributed by atoms with van der Waals surface area (Å²) in [6.07, 6.45) is 2.37. The van der Waals surface area contributed by atoms with Crippen LogP contribution in [0.2, 0.25) is 0 Å². The Morgan fingerprint density at radius 2 is 2.00 bits per heavy atom. The summed E-state index contributed by atoms with van der Waals surface area (Å²) in [7, 11) is -2.24. The molecule has 0 aliphatic rings. The normalized spacial score (nSPS) is 16.2. The molecule has 0 bridgehead atoms. The summed E-state index contributed by atoms with van der Waals surface area (Å²) in [5.41, 5.74) is 0.163. The van der Waals surface area contributed by atoms with Crippen LogP contribution in [0.1, 0.15) is 27.2 Å². The second kappa shape index (κ2) is 3.90. The molecule has 0 aromatic rings. The van der Waals surface area contributed by atoms with Crippen LogP contribution in [0.5, 0.6) is 0 Å². The molecule has 0 fully saturated rings. The lowest BCUT2D eigenvalue weighted by molar-refractivity contribution is 0.399. The van der Waals surface area contributed by atoms with Gasteiger partial charge >= 0.3 is 0 Å². The summed E-state index contributed by atoms with van der Waals surface area (Å²) in [5.74, 6) is 0.513. The van der Waals surface area contributed by atoms with E-state index in [2.05, 4.69) is 30.2 Å². The van der Waals surface area contributed by atoms with Crippen LogP contribution < -0.4 is 0 Å². The van der Waals surface area contributed by atoms with Gasteiger partial charge in [0.1, 0.15) is 14.2 Å². The van der Waals surface area contributed by atoms with Crippen molar-refractivity contribution in [2.75, 3.05) is 12.0 Å². The first-order valence-electron chi connectivity index (χ1n) is 3.82. The highest BCUT2D eigenvalue weighted by atomic mass is 32.2. The van der Waals surface area contributed by atoms with Gasteiger partial charge in [0, 0.05) is 12.0 Å². The average molecular weight is 188 g/mol. The minimum Gasteiger partial charge on any atom is -0.243 e. The Balaban J connectivity index is 4.24. The molecule has 1 unspecified atom stereocenters. The van der Waals surface area contributed by atoms with Crippen molar-refractivity contribution >= 4 is 9.73 Å². The fourth-order valence-electron chi connectivity index (χ4n) is 0.623. The van der Waals surface area contributed by atoms with Crippen LogP contribution in [0.4, 0.5) is 0 Å². The predicted octanol–water partition coefficient (Wildman–Crippen LogP) is 2.35. The molecule has 70 valence electrons. The van der Waals surface area contributed by atoms with Crippen LogP contribution in [0, 0.1) is 12.0 Å².